The summed E-state index contributed by atoms with van der Waals surface area (Å²) in [6, 6.07) is 5.18. The Morgan fingerprint density at radius 2 is 1.68 bits per heavy atom. The van der Waals surface area contributed by atoms with Gasteiger partial charge in [-0.2, -0.15) is 4.31 Å². The van der Waals surface area contributed by atoms with Crippen molar-refractivity contribution in [3.8, 4) is 5.75 Å². The van der Waals surface area contributed by atoms with E-state index in [1.165, 1.54) is 30.2 Å². The standard InChI is InChI=1S/C27H40N4O5S/c1-20-14-21(2)17-30(16-20)37(34,35)23-6-7-25-24(15-23)31(27(33)19-36-25)18-26(32)29-12-8-22(9-13-29)28-10-4-3-5-11-28/h6-7,15,20-22H,3-5,8-14,16-19H2,1-2H3/t20-,21-/m0/s1. The van der Waals surface area contributed by atoms with Crippen LogP contribution in [0.4, 0.5) is 5.69 Å². The number of rotatable bonds is 5. The highest BCUT2D eigenvalue weighted by molar-refractivity contribution is 7.89. The van der Waals surface area contributed by atoms with Crippen LogP contribution in [0.25, 0.3) is 0 Å². The normalized spacial score (nSPS) is 26.6. The van der Waals surface area contributed by atoms with Crippen LogP contribution >= 0.6 is 0 Å². The number of likely N-dealkylation sites (tertiary alicyclic amines) is 2. The molecule has 3 saturated heterocycles. The number of piperidine rings is 3. The van der Waals surface area contributed by atoms with E-state index in [1.54, 1.807) is 16.4 Å². The van der Waals surface area contributed by atoms with Crippen molar-refractivity contribution in [3.05, 3.63) is 18.2 Å². The van der Waals surface area contributed by atoms with Gasteiger partial charge in [-0.25, -0.2) is 8.42 Å². The zero-order chi connectivity index (χ0) is 26.2. The summed E-state index contributed by atoms with van der Waals surface area (Å²) in [5.41, 5.74) is 0.354. The molecule has 2 amide bonds. The fraction of sp³-hybridized carbons (Fsp3) is 0.704. The summed E-state index contributed by atoms with van der Waals surface area (Å²) < 4.78 is 34.1. The molecule has 0 saturated carbocycles. The highest BCUT2D eigenvalue weighted by atomic mass is 32.2. The molecule has 2 atom stereocenters. The lowest BCUT2D eigenvalue weighted by molar-refractivity contribution is -0.133. The smallest absolute Gasteiger partial charge is 0.265 e. The molecule has 5 rings (SSSR count). The maximum Gasteiger partial charge on any atom is 0.265 e. The van der Waals surface area contributed by atoms with Crippen molar-refractivity contribution in [1.82, 2.24) is 14.1 Å². The van der Waals surface area contributed by atoms with Crippen LogP contribution in [0.15, 0.2) is 23.1 Å². The summed E-state index contributed by atoms with van der Waals surface area (Å²) in [6.07, 6.45) is 6.73. The first-order valence-electron chi connectivity index (χ1n) is 13.8. The Balaban J connectivity index is 1.29. The fourth-order valence-corrected chi connectivity index (χ4v) is 8.17. The molecule has 4 heterocycles. The van der Waals surface area contributed by atoms with Gasteiger partial charge in [-0.05, 0) is 75.2 Å². The van der Waals surface area contributed by atoms with Crippen molar-refractivity contribution >= 4 is 27.5 Å². The number of amides is 2. The van der Waals surface area contributed by atoms with Gasteiger partial charge in [-0.3, -0.25) is 14.5 Å². The number of hydrogen-bond donors (Lipinski definition) is 0. The zero-order valence-corrected chi connectivity index (χ0v) is 22.9. The maximum absolute atomic E-state index is 13.5. The summed E-state index contributed by atoms with van der Waals surface area (Å²) >= 11 is 0. The largest absolute Gasteiger partial charge is 0.482 e. The average molecular weight is 533 g/mol. The number of ether oxygens (including phenoxy) is 1. The summed E-state index contributed by atoms with van der Waals surface area (Å²) in [6.45, 7) is 8.51. The molecule has 3 fully saturated rings. The van der Waals surface area contributed by atoms with E-state index in [4.69, 9.17) is 4.74 Å². The van der Waals surface area contributed by atoms with Crippen LogP contribution in [0.1, 0.15) is 52.4 Å². The third-order valence-electron chi connectivity index (χ3n) is 8.36. The van der Waals surface area contributed by atoms with E-state index in [9.17, 15) is 18.0 Å². The number of anilines is 1. The minimum Gasteiger partial charge on any atom is -0.482 e. The Kier molecular flexibility index (Phi) is 7.79. The van der Waals surface area contributed by atoms with Gasteiger partial charge in [-0.15, -0.1) is 0 Å². The van der Waals surface area contributed by atoms with Crippen molar-refractivity contribution in [3.63, 3.8) is 0 Å². The first kappa shape index (κ1) is 26.4. The molecule has 1 aromatic carbocycles. The van der Waals surface area contributed by atoms with E-state index < -0.39 is 10.0 Å². The third-order valence-corrected chi connectivity index (χ3v) is 10.2. The first-order chi connectivity index (χ1) is 17.7. The van der Waals surface area contributed by atoms with Crippen LogP contribution < -0.4 is 9.64 Å². The van der Waals surface area contributed by atoms with Crippen molar-refractivity contribution in [2.45, 2.75) is 63.3 Å². The van der Waals surface area contributed by atoms with E-state index in [-0.39, 0.29) is 41.7 Å². The Hall–Kier alpha value is -2.17. The number of hydrogen-bond acceptors (Lipinski definition) is 6. The van der Waals surface area contributed by atoms with Gasteiger partial charge in [0, 0.05) is 32.2 Å². The van der Waals surface area contributed by atoms with Crippen LogP contribution in [0.2, 0.25) is 0 Å². The molecular formula is C27H40N4O5S. The predicted molar refractivity (Wildman–Crippen MR) is 141 cm³/mol. The molecule has 204 valence electrons. The van der Waals surface area contributed by atoms with Gasteiger partial charge in [0.25, 0.3) is 5.91 Å². The van der Waals surface area contributed by atoms with E-state index in [0.29, 0.717) is 43.7 Å². The summed E-state index contributed by atoms with van der Waals surface area (Å²) in [4.78, 5) is 32.1. The van der Waals surface area contributed by atoms with Gasteiger partial charge < -0.3 is 14.5 Å². The number of carbonyl (C=O) groups excluding carboxylic acids is 2. The molecule has 10 heteroatoms. The summed E-state index contributed by atoms with van der Waals surface area (Å²) in [5.74, 6) is 0.558. The predicted octanol–water partition coefficient (Wildman–Crippen LogP) is 2.56. The van der Waals surface area contributed by atoms with E-state index >= 15 is 0 Å². The second kappa shape index (κ2) is 10.9. The number of nitrogens with zero attached hydrogens (tertiary/aromatic N) is 4. The maximum atomic E-state index is 13.5. The molecule has 0 bridgehead atoms. The van der Waals surface area contributed by atoms with Crippen LogP contribution in [-0.2, 0) is 19.6 Å². The second-order valence-corrected chi connectivity index (χ2v) is 13.3. The Morgan fingerprint density at radius 3 is 2.35 bits per heavy atom. The Bertz CT molecular complexity index is 1100. The minimum absolute atomic E-state index is 0.106. The van der Waals surface area contributed by atoms with Crippen LogP contribution in [0, 0.1) is 11.8 Å². The minimum atomic E-state index is -3.73. The molecule has 4 aliphatic heterocycles. The molecule has 9 nitrogen and oxygen atoms in total. The Morgan fingerprint density at radius 1 is 1.00 bits per heavy atom. The molecular weight excluding hydrogens is 492 g/mol. The van der Waals surface area contributed by atoms with Crippen molar-refractivity contribution < 1.29 is 22.7 Å². The lowest BCUT2D eigenvalue weighted by atomic mass is 9.94. The molecule has 0 spiro atoms. The van der Waals surface area contributed by atoms with Crippen LogP contribution in [-0.4, -0.2) is 92.8 Å². The molecule has 4 aliphatic rings. The molecule has 0 N–H and O–H groups in total. The van der Waals surface area contributed by atoms with Crippen molar-refractivity contribution in [2.75, 3.05) is 57.3 Å². The lowest BCUT2D eigenvalue weighted by Crippen LogP contribution is -2.51. The SMILES string of the molecule is C[C@H]1C[C@H](C)CN(S(=O)(=O)c2ccc3c(c2)N(CC(=O)N2CCC(N4CCCCC4)CC2)C(=O)CO3)C1. The topological polar surface area (TPSA) is 90.5 Å². The second-order valence-electron chi connectivity index (χ2n) is 11.4. The molecule has 0 aliphatic carbocycles. The highest BCUT2D eigenvalue weighted by Gasteiger charge is 2.35. The summed E-state index contributed by atoms with van der Waals surface area (Å²) in [5, 5.41) is 0. The van der Waals surface area contributed by atoms with E-state index in [1.807, 2.05) is 4.90 Å². The van der Waals surface area contributed by atoms with E-state index in [0.717, 1.165) is 32.4 Å². The fourth-order valence-electron chi connectivity index (χ4n) is 6.47. The molecule has 37 heavy (non-hydrogen) atoms. The van der Waals surface area contributed by atoms with Crippen LogP contribution in [0.5, 0.6) is 5.75 Å². The van der Waals surface area contributed by atoms with Gasteiger partial charge >= 0.3 is 0 Å². The lowest BCUT2D eigenvalue weighted by Gasteiger charge is -2.40. The van der Waals surface area contributed by atoms with Crippen molar-refractivity contribution in [2.24, 2.45) is 11.8 Å². The summed E-state index contributed by atoms with van der Waals surface area (Å²) in [7, 11) is -3.73. The zero-order valence-electron chi connectivity index (χ0n) is 22.1. The molecule has 0 aromatic heterocycles. The number of fused-ring (bicyclic) bond motifs is 1. The molecule has 0 radical (unpaired) electrons. The van der Waals surface area contributed by atoms with E-state index in [2.05, 4.69) is 18.7 Å². The number of sulfonamides is 1. The van der Waals surface area contributed by atoms with Gasteiger partial charge in [0.05, 0.1) is 10.6 Å². The first-order valence-corrected chi connectivity index (χ1v) is 15.3. The highest BCUT2D eigenvalue weighted by Crippen LogP contribution is 2.36. The monoisotopic (exact) mass is 532 g/mol. The number of benzene rings is 1. The number of carbonyl (C=O) groups is 2. The average Bonchev–Trinajstić information content (AvgIpc) is 2.90. The van der Waals surface area contributed by atoms with Crippen LogP contribution in [0.3, 0.4) is 0 Å². The Labute approximate surface area is 220 Å². The van der Waals surface area contributed by atoms with Gasteiger partial charge in [0.2, 0.25) is 15.9 Å². The van der Waals surface area contributed by atoms with Gasteiger partial charge in [-0.1, -0.05) is 20.3 Å². The van der Waals surface area contributed by atoms with Gasteiger partial charge in [0.1, 0.15) is 12.3 Å². The quantitative estimate of drug-likeness (QED) is 0.579. The van der Waals surface area contributed by atoms with Gasteiger partial charge in [0.15, 0.2) is 6.61 Å². The molecule has 1 aromatic rings. The van der Waals surface area contributed by atoms with Crippen molar-refractivity contribution in [1.29, 1.82) is 0 Å². The molecule has 0 unspecified atom stereocenters. The third kappa shape index (κ3) is 5.66.